The Kier molecular flexibility index (Phi) is 11.2. The molecule has 2 amide bonds. The highest BCUT2D eigenvalue weighted by atomic mass is 16.5. The van der Waals surface area contributed by atoms with Gasteiger partial charge in [0.15, 0.2) is 0 Å². The van der Waals surface area contributed by atoms with E-state index in [-0.39, 0.29) is 50.4 Å². The Balaban J connectivity index is 2.23. The minimum Gasteiger partial charge on any atom is -0.388 e. The van der Waals surface area contributed by atoms with Gasteiger partial charge in [-0.1, -0.05) is 26.0 Å². The van der Waals surface area contributed by atoms with Crippen molar-refractivity contribution in [2.45, 2.75) is 58.0 Å². The minimum atomic E-state index is -1.45. The van der Waals surface area contributed by atoms with E-state index in [9.17, 15) is 24.9 Å². The zero-order valence-corrected chi connectivity index (χ0v) is 19.7. The van der Waals surface area contributed by atoms with Gasteiger partial charge in [-0.15, -0.1) is 0 Å². The van der Waals surface area contributed by atoms with Crippen molar-refractivity contribution in [1.29, 1.82) is 0 Å². The number of rotatable bonds is 4. The summed E-state index contributed by atoms with van der Waals surface area (Å²) in [4.78, 5) is 29.3. The molecule has 33 heavy (non-hydrogen) atoms. The number of aliphatic hydroxyl groups excluding tert-OH is 3. The Morgan fingerprint density at radius 1 is 1.09 bits per heavy atom. The minimum absolute atomic E-state index is 0.114. The molecule has 1 aliphatic heterocycles. The van der Waals surface area contributed by atoms with Crippen molar-refractivity contribution in [3.8, 4) is 0 Å². The molecule has 186 valence electrons. The maximum absolute atomic E-state index is 13.2. The smallest absolute Gasteiger partial charge is 0.253 e. The molecule has 0 radical (unpaired) electrons. The van der Waals surface area contributed by atoms with Gasteiger partial charge in [-0.05, 0) is 36.5 Å². The Morgan fingerprint density at radius 2 is 1.82 bits per heavy atom. The van der Waals surface area contributed by atoms with E-state index in [1.807, 2.05) is 19.9 Å². The topological polar surface area (TPSA) is 137 Å². The van der Waals surface area contributed by atoms with E-state index < -0.39 is 18.3 Å². The first kappa shape index (κ1) is 27.2. The number of nitrogens with two attached hydrogens (primary N) is 1. The lowest BCUT2D eigenvalue weighted by molar-refractivity contribution is -0.137. The van der Waals surface area contributed by atoms with Crippen molar-refractivity contribution in [2.24, 2.45) is 11.7 Å². The Labute approximate surface area is 196 Å². The van der Waals surface area contributed by atoms with Crippen LogP contribution in [-0.4, -0.2) is 94.6 Å². The summed E-state index contributed by atoms with van der Waals surface area (Å²) in [7, 11) is 0. The molecule has 0 saturated carbocycles. The number of β-amino-alcohol motifs (C(OH)–C–C–N with tert-alkyl or cyclic N) is 1. The Morgan fingerprint density at radius 3 is 2.52 bits per heavy atom. The second-order valence-corrected chi connectivity index (χ2v) is 9.04. The van der Waals surface area contributed by atoms with Gasteiger partial charge in [-0.3, -0.25) is 9.59 Å². The lowest BCUT2D eigenvalue weighted by Gasteiger charge is -2.32. The predicted molar refractivity (Wildman–Crippen MR) is 124 cm³/mol. The summed E-state index contributed by atoms with van der Waals surface area (Å²) in [5.41, 5.74) is 7.12. The number of ether oxygens (including phenoxy) is 1. The summed E-state index contributed by atoms with van der Waals surface area (Å²) in [6.45, 7) is 5.26. The number of amides is 2. The normalized spacial score (nSPS) is 23.9. The first-order chi connectivity index (χ1) is 15.7. The van der Waals surface area contributed by atoms with Crippen LogP contribution < -0.4 is 5.73 Å². The van der Waals surface area contributed by atoms with E-state index in [1.165, 1.54) is 4.90 Å². The summed E-state index contributed by atoms with van der Waals surface area (Å²) >= 11 is 0. The van der Waals surface area contributed by atoms with Crippen molar-refractivity contribution in [3.63, 3.8) is 0 Å². The predicted octanol–water partition coefficient (Wildman–Crippen LogP) is 0.355. The largest absolute Gasteiger partial charge is 0.388 e. The Bertz CT molecular complexity index is 759. The number of benzene rings is 1. The van der Waals surface area contributed by atoms with E-state index in [2.05, 4.69) is 0 Å². The van der Waals surface area contributed by atoms with Crippen LogP contribution >= 0.6 is 0 Å². The molecule has 0 spiro atoms. The molecule has 0 unspecified atom stereocenters. The molecule has 1 fully saturated rings. The van der Waals surface area contributed by atoms with Gasteiger partial charge in [0.25, 0.3) is 5.91 Å². The summed E-state index contributed by atoms with van der Waals surface area (Å²) in [5, 5.41) is 30.9. The number of aliphatic hydroxyl groups is 3. The number of carbonyl (C=O) groups excluding carboxylic acids is 2. The molecule has 2 rings (SSSR count). The summed E-state index contributed by atoms with van der Waals surface area (Å²) in [6.07, 6.45) is -2.41. The molecule has 0 aliphatic carbocycles. The number of nitrogens with zero attached hydrogens (tertiary/aromatic N) is 2. The molecule has 1 saturated heterocycles. The number of carbonyl (C=O) groups is 2. The lowest BCUT2D eigenvalue weighted by Crippen LogP contribution is -2.50. The second-order valence-electron chi connectivity index (χ2n) is 9.04. The molecule has 3 atom stereocenters. The molecule has 1 aromatic rings. The maximum Gasteiger partial charge on any atom is 0.253 e. The highest BCUT2D eigenvalue weighted by molar-refractivity contribution is 5.94. The third-order valence-electron chi connectivity index (χ3n) is 5.72. The van der Waals surface area contributed by atoms with Gasteiger partial charge >= 0.3 is 0 Å². The van der Waals surface area contributed by atoms with Gasteiger partial charge in [-0.2, -0.15) is 0 Å². The average Bonchev–Trinajstić information content (AvgIpc) is 2.79. The van der Waals surface area contributed by atoms with Crippen LogP contribution in [0, 0.1) is 5.92 Å². The molecule has 1 aromatic carbocycles. The standard InChI is InChI=1S/C24H39N3O6/c1-17(2)12-22(30)27-10-9-26(24(32)19-7-5-6-18(13-19)14-25)8-3-4-11-33-16-21(29)23(31)20(28)15-27/h5-7,13,17,20-21,23,28-29,31H,3-4,8-12,14-16,25H2,1-2H3/t20-,21+,23+/m0/s1. The molecule has 1 aliphatic rings. The van der Waals surface area contributed by atoms with Crippen LogP contribution in [0.5, 0.6) is 0 Å². The van der Waals surface area contributed by atoms with Gasteiger partial charge in [-0.25, -0.2) is 0 Å². The van der Waals surface area contributed by atoms with E-state index in [0.717, 1.165) is 5.56 Å². The third-order valence-corrected chi connectivity index (χ3v) is 5.72. The van der Waals surface area contributed by atoms with Crippen molar-refractivity contribution in [2.75, 3.05) is 39.4 Å². The van der Waals surface area contributed by atoms with Crippen molar-refractivity contribution in [3.05, 3.63) is 35.4 Å². The molecule has 9 nitrogen and oxygen atoms in total. The fourth-order valence-electron chi connectivity index (χ4n) is 3.77. The fourth-order valence-corrected chi connectivity index (χ4v) is 3.77. The first-order valence-corrected chi connectivity index (χ1v) is 11.7. The highest BCUT2D eigenvalue weighted by Gasteiger charge is 2.29. The Hall–Kier alpha value is -2.04. The van der Waals surface area contributed by atoms with Crippen LogP contribution in [0.3, 0.4) is 0 Å². The summed E-state index contributed by atoms with van der Waals surface area (Å²) in [5.74, 6) is -0.208. The zero-order valence-electron chi connectivity index (χ0n) is 19.7. The molecule has 1 heterocycles. The molecule has 0 bridgehead atoms. The van der Waals surface area contributed by atoms with Gasteiger partial charge < -0.3 is 35.6 Å². The zero-order chi connectivity index (χ0) is 24.4. The van der Waals surface area contributed by atoms with Crippen LogP contribution in [0.4, 0.5) is 0 Å². The molecular weight excluding hydrogens is 426 g/mol. The summed E-state index contributed by atoms with van der Waals surface area (Å²) in [6, 6.07) is 7.19. The van der Waals surface area contributed by atoms with E-state index in [4.69, 9.17) is 10.5 Å². The fraction of sp³-hybridized carbons (Fsp3) is 0.667. The third kappa shape index (κ3) is 8.68. The van der Waals surface area contributed by atoms with Crippen LogP contribution in [-0.2, 0) is 16.1 Å². The average molecular weight is 466 g/mol. The summed E-state index contributed by atoms with van der Waals surface area (Å²) < 4.78 is 5.43. The van der Waals surface area contributed by atoms with E-state index in [1.54, 1.807) is 23.1 Å². The SMILES string of the molecule is CC(C)CC(=O)N1CCN(C(=O)c2cccc(CN)c2)CCCCOC[C@@H](O)[C@H](O)[C@@H](O)C1. The van der Waals surface area contributed by atoms with Gasteiger partial charge in [0, 0.05) is 51.3 Å². The van der Waals surface area contributed by atoms with E-state index >= 15 is 0 Å². The van der Waals surface area contributed by atoms with Crippen molar-refractivity contribution in [1.82, 2.24) is 9.80 Å². The maximum atomic E-state index is 13.2. The van der Waals surface area contributed by atoms with Gasteiger partial charge in [0.2, 0.25) is 5.91 Å². The van der Waals surface area contributed by atoms with Gasteiger partial charge in [0.05, 0.1) is 6.61 Å². The molecule has 5 N–H and O–H groups in total. The van der Waals surface area contributed by atoms with Crippen LogP contribution in [0.1, 0.15) is 49.0 Å². The number of hydrogen-bond donors (Lipinski definition) is 4. The van der Waals surface area contributed by atoms with Crippen molar-refractivity contribution < 1.29 is 29.6 Å². The monoisotopic (exact) mass is 465 g/mol. The van der Waals surface area contributed by atoms with Crippen LogP contribution in [0.25, 0.3) is 0 Å². The molecule has 9 heteroatoms. The quantitative estimate of drug-likeness (QED) is 0.504. The first-order valence-electron chi connectivity index (χ1n) is 11.7. The van der Waals surface area contributed by atoms with Gasteiger partial charge in [0.1, 0.15) is 18.3 Å². The highest BCUT2D eigenvalue weighted by Crippen LogP contribution is 2.13. The molecule has 0 aromatic heterocycles. The van der Waals surface area contributed by atoms with Crippen LogP contribution in [0.2, 0.25) is 0 Å². The van der Waals surface area contributed by atoms with Crippen molar-refractivity contribution >= 4 is 11.8 Å². The number of hydrogen-bond acceptors (Lipinski definition) is 7. The second kappa shape index (κ2) is 13.6. The lowest BCUT2D eigenvalue weighted by atomic mass is 10.1. The van der Waals surface area contributed by atoms with E-state index in [0.29, 0.717) is 38.1 Å². The van der Waals surface area contributed by atoms with Crippen LogP contribution in [0.15, 0.2) is 24.3 Å². The molecular formula is C24H39N3O6.